The van der Waals surface area contributed by atoms with Crippen LogP contribution in [0.5, 0.6) is 0 Å². The number of carbonyl (C=O) groups excluding carboxylic acids is 3. The van der Waals surface area contributed by atoms with E-state index in [2.05, 4.69) is 15.5 Å². The SMILES string of the molecule is Cc1nc2n(n1)CCN(C(=O)c1cnn3ccn(C)c13)CCCC(=O)N1CCCC[C@H]1C(=O)N[C@@H]2Cc1ccccc1. The van der Waals surface area contributed by atoms with E-state index in [9.17, 15) is 14.4 Å². The highest BCUT2D eigenvalue weighted by Crippen LogP contribution is 2.23. The number of piperidine rings is 1. The Morgan fingerprint density at radius 1 is 1.02 bits per heavy atom. The minimum Gasteiger partial charge on any atom is -0.344 e. The quantitative estimate of drug-likeness (QED) is 0.403. The Balaban J connectivity index is 1.36. The Labute approximate surface area is 244 Å². The normalized spacial score (nSPS) is 20.6. The monoisotopic (exact) mass is 571 g/mol. The van der Waals surface area contributed by atoms with Crippen molar-refractivity contribution in [1.82, 2.24) is 44.1 Å². The van der Waals surface area contributed by atoms with Gasteiger partial charge in [-0.2, -0.15) is 10.2 Å². The van der Waals surface area contributed by atoms with E-state index in [-0.39, 0.29) is 24.1 Å². The van der Waals surface area contributed by atoms with Crippen molar-refractivity contribution in [1.29, 1.82) is 0 Å². The van der Waals surface area contributed by atoms with Gasteiger partial charge in [0.15, 0.2) is 0 Å². The van der Waals surface area contributed by atoms with Crippen molar-refractivity contribution in [3.63, 3.8) is 0 Å². The second kappa shape index (κ2) is 11.8. The molecule has 2 atom stereocenters. The van der Waals surface area contributed by atoms with Gasteiger partial charge >= 0.3 is 0 Å². The first-order chi connectivity index (χ1) is 20.4. The molecule has 6 rings (SSSR count). The molecule has 5 heterocycles. The van der Waals surface area contributed by atoms with Gasteiger partial charge in [-0.05, 0) is 44.6 Å². The summed E-state index contributed by atoms with van der Waals surface area (Å²) in [4.78, 5) is 49.3. The highest BCUT2D eigenvalue weighted by molar-refractivity contribution is 5.99. The van der Waals surface area contributed by atoms with Crippen molar-refractivity contribution >= 4 is 23.4 Å². The molecule has 42 heavy (non-hydrogen) atoms. The van der Waals surface area contributed by atoms with E-state index in [0.717, 1.165) is 24.1 Å². The van der Waals surface area contributed by atoms with Crippen molar-refractivity contribution in [2.45, 2.75) is 64.1 Å². The first-order valence-corrected chi connectivity index (χ1v) is 14.7. The van der Waals surface area contributed by atoms with Gasteiger partial charge in [-0.1, -0.05) is 30.3 Å². The van der Waals surface area contributed by atoms with E-state index in [1.54, 1.807) is 20.5 Å². The zero-order chi connectivity index (χ0) is 29.2. The lowest BCUT2D eigenvalue weighted by Crippen LogP contribution is -2.53. The van der Waals surface area contributed by atoms with Gasteiger partial charge in [-0.3, -0.25) is 14.4 Å². The molecule has 3 amide bonds. The molecule has 0 spiro atoms. The number of amides is 3. The summed E-state index contributed by atoms with van der Waals surface area (Å²) in [5.74, 6) is 0.884. The number of carbonyl (C=O) groups is 3. The molecular formula is C30H37N9O3. The van der Waals surface area contributed by atoms with Gasteiger partial charge in [0.25, 0.3) is 5.91 Å². The van der Waals surface area contributed by atoms with E-state index in [1.807, 2.05) is 65.9 Å². The molecule has 0 unspecified atom stereocenters. The van der Waals surface area contributed by atoms with Crippen LogP contribution in [0.3, 0.4) is 0 Å². The Bertz CT molecular complexity index is 1590. The molecule has 12 heteroatoms. The lowest BCUT2D eigenvalue weighted by molar-refractivity contribution is -0.142. The molecule has 1 aromatic carbocycles. The van der Waals surface area contributed by atoms with Crippen molar-refractivity contribution in [2.24, 2.45) is 7.05 Å². The van der Waals surface area contributed by atoms with Crippen molar-refractivity contribution in [3.8, 4) is 0 Å². The maximum absolute atomic E-state index is 13.9. The Morgan fingerprint density at radius 2 is 1.86 bits per heavy atom. The third-order valence-electron chi connectivity index (χ3n) is 8.30. The first kappa shape index (κ1) is 27.7. The fraction of sp³-hybridized carbons (Fsp3) is 0.467. The van der Waals surface area contributed by atoms with Gasteiger partial charge in [-0.25, -0.2) is 14.2 Å². The van der Waals surface area contributed by atoms with Crippen LogP contribution in [0.1, 0.15) is 65.7 Å². The van der Waals surface area contributed by atoms with Gasteiger partial charge in [-0.15, -0.1) is 0 Å². The summed E-state index contributed by atoms with van der Waals surface area (Å²) in [6.07, 6.45) is 8.95. The summed E-state index contributed by atoms with van der Waals surface area (Å²) < 4.78 is 5.38. The van der Waals surface area contributed by atoms with Gasteiger partial charge in [0.2, 0.25) is 11.8 Å². The van der Waals surface area contributed by atoms with Crippen molar-refractivity contribution in [3.05, 3.63) is 71.7 Å². The van der Waals surface area contributed by atoms with Gasteiger partial charge < -0.3 is 19.7 Å². The lowest BCUT2D eigenvalue weighted by Gasteiger charge is -2.36. The number of aromatic nitrogens is 6. The van der Waals surface area contributed by atoms with Crippen LogP contribution in [0.25, 0.3) is 5.65 Å². The van der Waals surface area contributed by atoms with Crippen LogP contribution >= 0.6 is 0 Å². The van der Waals surface area contributed by atoms with Crippen LogP contribution in [0, 0.1) is 6.92 Å². The summed E-state index contributed by atoms with van der Waals surface area (Å²) in [5.41, 5.74) is 2.28. The van der Waals surface area contributed by atoms with Crippen molar-refractivity contribution in [2.75, 3.05) is 19.6 Å². The fourth-order valence-electron chi connectivity index (χ4n) is 6.19. The molecule has 0 bridgehead atoms. The maximum atomic E-state index is 13.9. The molecule has 220 valence electrons. The Hall–Kier alpha value is -4.48. The number of hydrogen-bond donors (Lipinski definition) is 1. The van der Waals surface area contributed by atoms with Crippen LogP contribution in [-0.4, -0.2) is 82.1 Å². The number of benzene rings is 1. The van der Waals surface area contributed by atoms with Gasteiger partial charge in [0, 0.05) is 45.5 Å². The zero-order valence-corrected chi connectivity index (χ0v) is 24.1. The summed E-state index contributed by atoms with van der Waals surface area (Å²) in [5, 5.41) is 12.3. The van der Waals surface area contributed by atoms with Crippen LogP contribution in [-0.2, 0) is 29.6 Å². The molecule has 0 aliphatic carbocycles. The summed E-state index contributed by atoms with van der Waals surface area (Å²) in [6.45, 7) is 3.54. The molecule has 1 saturated heterocycles. The number of fused-ring (bicyclic) bond motifs is 3. The van der Waals surface area contributed by atoms with Gasteiger partial charge in [0.05, 0.1) is 18.8 Å². The number of hydrogen-bond acceptors (Lipinski definition) is 6. The van der Waals surface area contributed by atoms with E-state index in [4.69, 9.17) is 4.98 Å². The first-order valence-electron chi connectivity index (χ1n) is 14.7. The molecule has 3 aromatic heterocycles. The average molecular weight is 572 g/mol. The molecule has 0 radical (unpaired) electrons. The third-order valence-corrected chi connectivity index (χ3v) is 8.30. The Morgan fingerprint density at radius 3 is 2.69 bits per heavy atom. The largest absolute Gasteiger partial charge is 0.344 e. The van der Waals surface area contributed by atoms with E-state index >= 15 is 0 Å². The number of rotatable bonds is 3. The molecule has 0 saturated carbocycles. The summed E-state index contributed by atoms with van der Waals surface area (Å²) in [7, 11) is 1.88. The van der Waals surface area contributed by atoms with E-state index in [1.165, 1.54) is 0 Å². The van der Waals surface area contributed by atoms with Crippen molar-refractivity contribution < 1.29 is 14.4 Å². The number of nitrogens with zero attached hydrogens (tertiary/aromatic N) is 8. The zero-order valence-electron chi connectivity index (χ0n) is 24.1. The van der Waals surface area contributed by atoms with Crippen LogP contribution in [0.15, 0.2) is 48.9 Å². The molecule has 1 fully saturated rings. The minimum absolute atomic E-state index is 0.0479. The number of aryl methyl sites for hydroxylation is 2. The maximum Gasteiger partial charge on any atom is 0.259 e. The molecule has 2 aliphatic rings. The summed E-state index contributed by atoms with van der Waals surface area (Å²) in [6, 6.07) is 8.98. The summed E-state index contributed by atoms with van der Waals surface area (Å²) >= 11 is 0. The standard InChI is InChI=1S/C30H37N9O3/c1-21-32-27-24(19-22-9-4-3-5-10-22)33-28(41)25-11-6-7-14-37(25)26(40)12-8-13-36(16-18-38(27)34-21)30(42)23-20-31-39-17-15-35(2)29(23)39/h3-5,9-10,15,17,20,24-25H,6-8,11-14,16,18-19H2,1-2H3,(H,33,41)/t24-,25+/m1/s1. The Kier molecular flexibility index (Phi) is 7.77. The van der Waals surface area contributed by atoms with Crippen LogP contribution in [0.4, 0.5) is 0 Å². The highest BCUT2D eigenvalue weighted by atomic mass is 16.2. The number of imidazole rings is 1. The van der Waals surface area contributed by atoms with Crippen LogP contribution < -0.4 is 5.32 Å². The van der Waals surface area contributed by atoms with Crippen LogP contribution in [0.2, 0.25) is 0 Å². The molecular weight excluding hydrogens is 534 g/mol. The van der Waals surface area contributed by atoms with Gasteiger partial charge in [0.1, 0.15) is 28.9 Å². The second-order valence-corrected chi connectivity index (χ2v) is 11.2. The topological polar surface area (TPSA) is 123 Å². The highest BCUT2D eigenvalue weighted by Gasteiger charge is 2.34. The van der Waals surface area contributed by atoms with E-state index in [0.29, 0.717) is 62.7 Å². The smallest absolute Gasteiger partial charge is 0.259 e. The average Bonchev–Trinajstić information content (AvgIpc) is 3.70. The molecule has 2 aliphatic heterocycles. The predicted molar refractivity (Wildman–Crippen MR) is 154 cm³/mol. The minimum atomic E-state index is -0.527. The van der Waals surface area contributed by atoms with E-state index < -0.39 is 12.1 Å². The predicted octanol–water partition coefficient (Wildman–Crippen LogP) is 2.29. The molecule has 4 aromatic rings. The lowest BCUT2D eigenvalue weighted by atomic mass is 9.99. The second-order valence-electron chi connectivity index (χ2n) is 11.2. The molecule has 12 nitrogen and oxygen atoms in total. The number of nitrogens with one attached hydrogen (secondary N) is 1. The molecule has 1 N–H and O–H groups in total. The third kappa shape index (κ3) is 5.53. The fourth-order valence-corrected chi connectivity index (χ4v) is 6.19.